The van der Waals surface area contributed by atoms with E-state index < -0.39 is 0 Å². The third-order valence-corrected chi connectivity index (χ3v) is 2.40. The van der Waals surface area contributed by atoms with Gasteiger partial charge in [0, 0.05) is 4.47 Å². The molecule has 86 valence electrons. The summed E-state index contributed by atoms with van der Waals surface area (Å²) in [5.41, 5.74) is 17.8. The summed E-state index contributed by atoms with van der Waals surface area (Å²) in [5, 5.41) is 0. The number of guanidine groups is 2. The number of aliphatic imine (C=N–C) groups is 2. The van der Waals surface area contributed by atoms with Gasteiger partial charge in [0.1, 0.15) is 0 Å². The number of nitrogens with zero attached hydrogens (tertiary/aromatic N) is 2. The Labute approximate surface area is 103 Å². The first-order chi connectivity index (χ1) is 7.52. The van der Waals surface area contributed by atoms with E-state index in [-0.39, 0.29) is 11.9 Å². The lowest BCUT2D eigenvalue weighted by molar-refractivity contribution is 1.13. The van der Waals surface area contributed by atoms with Crippen molar-refractivity contribution in [2.45, 2.75) is 13.3 Å². The lowest BCUT2D eigenvalue weighted by Gasteiger charge is -2.03. The second-order valence-corrected chi connectivity index (χ2v) is 4.05. The Hall–Kier alpha value is -1.56. The Bertz CT molecular complexity index is 435. The average Bonchev–Trinajstić information content (AvgIpc) is 2.16. The van der Waals surface area contributed by atoms with E-state index in [1.807, 2.05) is 25.1 Å². The van der Waals surface area contributed by atoms with Crippen molar-refractivity contribution in [2.75, 3.05) is 0 Å². The molecule has 0 aliphatic heterocycles. The molecule has 1 rings (SSSR count). The minimum Gasteiger partial charge on any atom is -0.370 e. The van der Waals surface area contributed by atoms with Crippen LogP contribution in [0, 0.1) is 0 Å². The van der Waals surface area contributed by atoms with Crippen LogP contribution >= 0.6 is 15.9 Å². The van der Waals surface area contributed by atoms with Gasteiger partial charge < -0.3 is 17.2 Å². The fourth-order valence-electron chi connectivity index (χ4n) is 1.22. The standard InChI is InChI=1S/C10H14BrN5/c1-2-6-3-4-7(11)5-8(6)15-10(14)16-9(12)13/h3-5H,2H2,1H3,(H6,12,13,14,15,16). The van der Waals surface area contributed by atoms with Gasteiger partial charge in [0.25, 0.3) is 0 Å². The Balaban J connectivity index is 3.12. The third kappa shape index (κ3) is 3.54. The quantitative estimate of drug-likeness (QED) is 0.562. The highest BCUT2D eigenvalue weighted by Gasteiger charge is 2.01. The summed E-state index contributed by atoms with van der Waals surface area (Å²) in [7, 11) is 0. The number of aryl methyl sites for hydroxylation is 1. The highest BCUT2D eigenvalue weighted by molar-refractivity contribution is 9.10. The Kier molecular flexibility index (Phi) is 4.30. The number of benzene rings is 1. The molecule has 0 unspecified atom stereocenters. The molecule has 0 bridgehead atoms. The van der Waals surface area contributed by atoms with E-state index in [0.29, 0.717) is 0 Å². The monoisotopic (exact) mass is 283 g/mol. The summed E-state index contributed by atoms with van der Waals surface area (Å²) in [6.07, 6.45) is 0.862. The predicted octanol–water partition coefficient (Wildman–Crippen LogP) is 1.23. The van der Waals surface area contributed by atoms with E-state index >= 15 is 0 Å². The van der Waals surface area contributed by atoms with Crippen LogP contribution in [0.1, 0.15) is 12.5 Å². The summed E-state index contributed by atoms with van der Waals surface area (Å²) in [5.74, 6) is -0.0536. The summed E-state index contributed by atoms with van der Waals surface area (Å²) in [6.45, 7) is 2.04. The Morgan fingerprint density at radius 3 is 2.56 bits per heavy atom. The van der Waals surface area contributed by atoms with Crippen LogP contribution in [0.5, 0.6) is 0 Å². The SMILES string of the molecule is CCc1ccc(Br)cc1N=C(N)N=C(N)N. The van der Waals surface area contributed by atoms with Crippen LogP contribution in [-0.2, 0) is 6.42 Å². The summed E-state index contributed by atoms with van der Waals surface area (Å²) >= 11 is 3.37. The van der Waals surface area contributed by atoms with Gasteiger partial charge in [0.05, 0.1) is 5.69 Å². The maximum atomic E-state index is 5.57. The molecule has 0 aliphatic rings. The minimum absolute atomic E-state index is 0.0489. The van der Waals surface area contributed by atoms with Crippen molar-refractivity contribution in [1.29, 1.82) is 0 Å². The highest BCUT2D eigenvalue weighted by Crippen LogP contribution is 2.24. The van der Waals surface area contributed by atoms with E-state index in [1.165, 1.54) is 0 Å². The van der Waals surface area contributed by atoms with Crippen molar-refractivity contribution < 1.29 is 0 Å². The normalized spacial score (nSPS) is 11.2. The van der Waals surface area contributed by atoms with Crippen LogP contribution in [0.25, 0.3) is 0 Å². The fourth-order valence-corrected chi connectivity index (χ4v) is 1.57. The zero-order valence-electron chi connectivity index (χ0n) is 8.94. The molecule has 6 N–H and O–H groups in total. The second-order valence-electron chi connectivity index (χ2n) is 3.13. The number of hydrogen-bond acceptors (Lipinski definition) is 1. The Morgan fingerprint density at radius 2 is 2.00 bits per heavy atom. The summed E-state index contributed by atoms with van der Waals surface area (Å²) < 4.78 is 0.931. The van der Waals surface area contributed by atoms with E-state index in [2.05, 4.69) is 25.9 Å². The molecule has 0 heterocycles. The number of rotatable bonds is 2. The van der Waals surface area contributed by atoms with E-state index in [9.17, 15) is 0 Å². The first-order valence-electron chi connectivity index (χ1n) is 4.75. The summed E-state index contributed by atoms with van der Waals surface area (Å²) in [6, 6.07) is 5.80. The first kappa shape index (κ1) is 12.5. The number of nitrogens with two attached hydrogens (primary N) is 3. The van der Waals surface area contributed by atoms with E-state index in [0.717, 1.165) is 22.1 Å². The van der Waals surface area contributed by atoms with Gasteiger partial charge in [-0.2, -0.15) is 4.99 Å². The van der Waals surface area contributed by atoms with Gasteiger partial charge in [-0.25, -0.2) is 4.99 Å². The van der Waals surface area contributed by atoms with Crippen LogP contribution in [-0.4, -0.2) is 11.9 Å². The van der Waals surface area contributed by atoms with Crippen LogP contribution < -0.4 is 17.2 Å². The molecule has 0 saturated carbocycles. The van der Waals surface area contributed by atoms with Gasteiger partial charge in [0.2, 0.25) is 5.96 Å². The Morgan fingerprint density at radius 1 is 1.31 bits per heavy atom. The lowest BCUT2D eigenvalue weighted by atomic mass is 10.1. The lowest BCUT2D eigenvalue weighted by Crippen LogP contribution is -2.26. The van der Waals surface area contributed by atoms with Crippen LogP contribution in [0.15, 0.2) is 32.7 Å². The van der Waals surface area contributed by atoms with Crippen molar-refractivity contribution >= 4 is 33.5 Å². The van der Waals surface area contributed by atoms with Crippen LogP contribution in [0.4, 0.5) is 5.69 Å². The molecule has 6 heteroatoms. The predicted molar refractivity (Wildman–Crippen MR) is 70.6 cm³/mol. The van der Waals surface area contributed by atoms with Gasteiger partial charge in [-0.15, -0.1) is 0 Å². The summed E-state index contributed by atoms with van der Waals surface area (Å²) in [4.78, 5) is 7.81. The van der Waals surface area contributed by atoms with E-state index in [4.69, 9.17) is 17.2 Å². The number of hydrogen-bond donors (Lipinski definition) is 3. The molecule has 0 aliphatic carbocycles. The minimum atomic E-state index is -0.103. The maximum absolute atomic E-state index is 5.57. The van der Waals surface area contributed by atoms with Crippen molar-refractivity contribution in [3.05, 3.63) is 28.2 Å². The second kappa shape index (κ2) is 5.50. The van der Waals surface area contributed by atoms with Crippen LogP contribution in [0.3, 0.4) is 0 Å². The zero-order valence-corrected chi connectivity index (χ0v) is 10.5. The smallest absolute Gasteiger partial charge is 0.223 e. The molecule has 0 fully saturated rings. The van der Waals surface area contributed by atoms with E-state index in [1.54, 1.807) is 0 Å². The molecular formula is C10H14BrN5. The molecule has 1 aromatic carbocycles. The highest BCUT2D eigenvalue weighted by atomic mass is 79.9. The molecule has 0 spiro atoms. The molecule has 5 nitrogen and oxygen atoms in total. The van der Waals surface area contributed by atoms with Gasteiger partial charge in [-0.1, -0.05) is 28.9 Å². The number of halogens is 1. The fraction of sp³-hybridized carbons (Fsp3) is 0.200. The molecule has 16 heavy (non-hydrogen) atoms. The van der Waals surface area contributed by atoms with Gasteiger partial charge >= 0.3 is 0 Å². The van der Waals surface area contributed by atoms with Crippen molar-refractivity contribution in [3.63, 3.8) is 0 Å². The van der Waals surface area contributed by atoms with Gasteiger partial charge in [-0.3, -0.25) is 0 Å². The molecule has 0 saturated heterocycles. The van der Waals surface area contributed by atoms with Crippen molar-refractivity contribution in [3.8, 4) is 0 Å². The molecule has 0 amide bonds. The van der Waals surface area contributed by atoms with Gasteiger partial charge in [-0.05, 0) is 24.1 Å². The molecule has 0 radical (unpaired) electrons. The first-order valence-corrected chi connectivity index (χ1v) is 5.54. The van der Waals surface area contributed by atoms with Crippen molar-refractivity contribution in [2.24, 2.45) is 27.2 Å². The molecule has 0 atom stereocenters. The molecular weight excluding hydrogens is 270 g/mol. The molecule has 0 aromatic heterocycles. The van der Waals surface area contributed by atoms with Crippen LogP contribution in [0.2, 0.25) is 0 Å². The van der Waals surface area contributed by atoms with Gasteiger partial charge in [0.15, 0.2) is 5.96 Å². The molecule has 1 aromatic rings. The third-order valence-electron chi connectivity index (χ3n) is 1.91. The topological polar surface area (TPSA) is 103 Å². The maximum Gasteiger partial charge on any atom is 0.223 e. The average molecular weight is 284 g/mol. The largest absolute Gasteiger partial charge is 0.370 e. The van der Waals surface area contributed by atoms with Crippen molar-refractivity contribution in [1.82, 2.24) is 0 Å². The zero-order chi connectivity index (χ0) is 12.1.